The number of hydrogen-bond donors (Lipinski definition) is 1. The fourth-order valence-corrected chi connectivity index (χ4v) is 6.61. The van der Waals surface area contributed by atoms with Gasteiger partial charge in [0.25, 0.3) is 10.0 Å². The van der Waals surface area contributed by atoms with Crippen LogP contribution in [0, 0.1) is 5.92 Å². The number of carbonyl (C=O) groups is 1. The van der Waals surface area contributed by atoms with Crippen molar-refractivity contribution < 1.29 is 22.7 Å². The van der Waals surface area contributed by atoms with Gasteiger partial charge in [-0.05, 0) is 60.2 Å². The molecule has 2 heterocycles. The molecular formula is C24H26N2O5S2. The number of hydrogen-bond acceptors (Lipinski definition) is 6. The smallest absolute Gasteiger partial charge is 0.252 e. The van der Waals surface area contributed by atoms with E-state index in [9.17, 15) is 13.2 Å². The third kappa shape index (κ3) is 5.05. The summed E-state index contributed by atoms with van der Waals surface area (Å²) in [6.07, 6.45) is 1.28. The zero-order valence-corrected chi connectivity index (χ0v) is 20.1. The maximum atomic E-state index is 13.0. The van der Waals surface area contributed by atoms with E-state index < -0.39 is 15.9 Å². The van der Waals surface area contributed by atoms with Crippen molar-refractivity contribution >= 4 is 33.0 Å². The molecule has 1 aliphatic rings. The average Bonchev–Trinajstić information content (AvgIpc) is 3.40. The lowest BCUT2D eigenvalue weighted by Gasteiger charge is -2.30. The Morgan fingerprint density at radius 2 is 1.88 bits per heavy atom. The Bertz CT molecular complexity index is 1210. The number of piperidine rings is 1. The Morgan fingerprint density at radius 3 is 2.55 bits per heavy atom. The molecule has 0 radical (unpaired) electrons. The summed E-state index contributed by atoms with van der Waals surface area (Å²) in [4.78, 5) is 13.0. The number of amides is 1. The van der Waals surface area contributed by atoms with Crippen molar-refractivity contribution in [1.82, 2.24) is 4.31 Å². The Hall–Kier alpha value is -2.88. The molecule has 33 heavy (non-hydrogen) atoms. The number of carbonyl (C=O) groups excluding carboxylic acids is 1. The number of nitrogens with zero attached hydrogens (tertiary/aromatic N) is 1. The SMILES string of the molecule is COc1ccc(-c2cc(NC(=O)[C@H]3CCCN(S(=O)(=O)c4cccs4)C3)ccc2OC)cc1. The summed E-state index contributed by atoms with van der Waals surface area (Å²) in [5.41, 5.74) is 2.39. The Kier molecular flexibility index (Phi) is 7.02. The molecular weight excluding hydrogens is 460 g/mol. The summed E-state index contributed by atoms with van der Waals surface area (Å²) in [5.74, 6) is 0.831. The van der Waals surface area contributed by atoms with Gasteiger partial charge in [0.2, 0.25) is 5.91 Å². The topological polar surface area (TPSA) is 84.9 Å². The van der Waals surface area contributed by atoms with Gasteiger partial charge in [-0.2, -0.15) is 4.31 Å². The van der Waals surface area contributed by atoms with Crippen molar-refractivity contribution in [3.8, 4) is 22.6 Å². The van der Waals surface area contributed by atoms with Crippen LogP contribution in [0.5, 0.6) is 11.5 Å². The van der Waals surface area contributed by atoms with Crippen LogP contribution in [0.15, 0.2) is 64.2 Å². The highest BCUT2D eigenvalue weighted by molar-refractivity contribution is 7.91. The molecule has 174 valence electrons. The van der Waals surface area contributed by atoms with Crippen LogP contribution in [0.1, 0.15) is 12.8 Å². The molecule has 0 unspecified atom stereocenters. The van der Waals surface area contributed by atoms with Gasteiger partial charge in [0.05, 0.1) is 20.1 Å². The lowest BCUT2D eigenvalue weighted by molar-refractivity contribution is -0.120. The van der Waals surface area contributed by atoms with E-state index in [-0.39, 0.29) is 12.5 Å². The standard InChI is InChI=1S/C24H26N2O5S2/c1-30-20-10-7-17(8-11-20)21-15-19(9-12-22(21)31-2)25-24(27)18-5-3-13-26(16-18)33(28,29)23-6-4-14-32-23/h4,6-12,14-15,18H,3,5,13,16H2,1-2H3,(H,25,27)/t18-/m0/s1. The van der Waals surface area contributed by atoms with Crippen molar-refractivity contribution in [3.05, 3.63) is 60.0 Å². The minimum absolute atomic E-state index is 0.174. The van der Waals surface area contributed by atoms with Crippen LogP contribution in [0.25, 0.3) is 11.1 Å². The average molecular weight is 487 g/mol. The molecule has 2 aromatic carbocycles. The molecule has 1 amide bonds. The van der Waals surface area contributed by atoms with E-state index in [1.807, 2.05) is 36.4 Å². The van der Waals surface area contributed by atoms with E-state index in [2.05, 4.69) is 5.32 Å². The molecule has 9 heteroatoms. The predicted octanol–water partition coefficient (Wildman–Crippen LogP) is 4.47. The molecule has 0 bridgehead atoms. The second-order valence-corrected chi connectivity index (χ2v) is 10.9. The minimum atomic E-state index is -3.57. The van der Waals surface area contributed by atoms with E-state index in [0.29, 0.717) is 35.0 Å². The maximum Gasteiger partial charge on any atom is 0.252 e. The Balaban J connectivity index is 1.51. The number of nitrogens with one attached hydrogen (secondary N) is 1. The molecule has 1 fully saturated rings. The minimum Gasteiger partial charge on any atom is -0.497 e. The number of anilines is 1. The molecule has 7 nitrogen and oxygen atoms in total. The Morgan fingerprint density at radius 1 is 1.09 bits per heavy atom. The molecule has 3 aromatic rings. The van der Waals surface area contributed by atoms with Gasteiger partial charge in [-0.25, -0.2) is 8.42 Å². The molecule has 4 rings (SSSR count). The lowest BCUT2D eigenvalue weighted by atomic mass is 9.98. The summed E-state index contributed by atoms with van der Waals surface area (Å²) in [5, 5.41) is 4.71. The van der Waals surface area contributed by atoms with Crippen LogP contribution < -0.4 is 14.8 Å². The fourth-order valence-electron chi connectivity index (χ4n) is 3.94. The van der Waals surface area contributed by atoms with Gasteiger partial charge in [0.1, 0.15) is 15.7 Å². The van der Waals surface area contributed by atoms with Gasteiger partial charge in [-0.1, -0.05) is 18.2 Å². The molecule has 1 aromatic heterocycles. The summed E-state index contributed by atoms with van der Waals surface area (Å²) >= 11 is 1.19. The first-order valence-electron chi connectivity index (χ1n) is 10.6. The zero-order valence-electron chi connectivity index (χ0n) is 18.5. The van der Waals surface area contributed by atoms with Gasteiger partial charge in [-0.15, -0.1) is 11.3 Å². The van der Waals surface area contributed by atoms with E-state index in [0.717, 1.165) is 16.9 Å². The van der Waals surface area contributed by atoms with Crippen molar-refractivity contribution in [1.29, 1.82) is 0 Å². The molecule has 0 saturated carbocycles. The lowest BCUT2D eigenvalue weighted by Crippen LogP contribution is -2.43. The summed E-state index contributed by atoms with van der Waals surface area (Å²) in [7, 11) is -0.353. The summed E-state index contributed by atoms with van der Waals surface area (Å²) in [6.45, 7) is 0.599. The van der Waals surface area contributed by atoms with Crippen LogP contribution in [-0.4, -0.2) is 45.9 Å². The van der Waals surface area contributed by atoms with E-state index in [1.54, 1.807) is 37.8 Å². The van der Waals surface area contributed by atoms with E-state index in [1.165, 1.54) is 15.6 Å². The Labute approximate surface area is 198 Å². The number of rotatable bonds is 7. The van der Waals surface area contributed by atoms with Crippen molar-refractivity contribution in [2.45, 2.75) is 17.1 Å². The van der Waals surface area contributed by atoms with Crippen molar-refractivity contribution in [2.24, 2.45) is 5.92 Å². The highest BCUT2D eigenvalue weighted by atomic mass is 32.2. The van der Waals surface area contributed by atoms with Gasteiger partial charge in [-0.3, -0.25) is 4.79 Å². The highest BCUT2D eigenvalue weighted by Gasteiger charge is 2.33. The zero-order chi connectivity index (χ0) is 23.4. The second kappa shape index (κ2) is 9.94. The van der Waals surface area contributed by atoms with E-state index >= 15 is 0 Å². The third-order valence-electron chi connectivity index (χ3n) is 5.71. The number of ether oxygens (including phenoxy) is 2. The van der Waals surface area contributed by atoms with Crippen molar-refractivity contribution in [2.75, 3.05) is 32.6 Å². The van der Waals surface area contributed by atoms with Gasteiger partial charge < -0.3 is 14.8 Å². The largest absolute Gasteiger partial charge is 0.497 e. The molecule has 0 aliphatic carbocycles. The second-order valence-electron chi connectivity index (χ2n) is 7.77. The highest BCUT2D eigenvalue weighted by Crippen LogP contribution is 2.34. The first-order valence-corrected chi connectivity index (χ1v) is 12.9. The maximum absolute atomic E-state index is 13.0. The number of methoxy groups -OCH3 is 2. The third-order valence-corrected chi connectivity index (χ3v) is 8.95. The number of sulfonamides is 1. The van der Waals surface area contributed by atoms with Gasteiger partial charge in [0.15, 0.2) is 0 Å². The van der Waals surface area contributed by atoms with Crippen molar-refractivity contribution in [3.63, 3.8) is 0 Å². The van der Waals surface area contributed by atoms with Gasteiger partial charge in [0, 0.05) is 24.3 Å². The molecule has 1 atom stereocenters. The summed E-state index contributed by atoms with van der Waals surface area (Å²) in [6, 6.07) is 16.4. The van der Waals surface area contributed by atoms with Crippen LogP contribution in [0.4, 0.5) is 5.69 Å². The van der Waals surface area contributed by atoms with Crippen LogP contribution in [0.2, 0.25) is 0 Å². The van der Waals surface area contributed by atoms with Crippen LogP contribution >= 0.6 is 11.3 Å². The predicted molar refractivity (Wildman–Crippen MR) is 129 cm³/mol. The number of benzene rings is 2. The van der Waals surface area contributed by atoms with Crippen LogP contribution in [0.3, 0.4) is 0 Å². The molecule has 1 N–H and O–H groups in total. The quantitative estimate of drug-likeness (QED) is 0.533. The van der Waals surface area contributed by atoms with Crippen LogP contribution in [-0.2, 0) is 14.8 Å². The normalized spacial score (nSPS) is 16.8. The first kappa shape index (κ1) is 23.3. The molecule has 1 aliphatic heterocycles. The molecule has 1 saturated heterocycles. The van der Waals surface area contributed by atoms with Gasteiger partial charge >= 0.3 is 0 Å². The summed E-state index contributed by atoms with van der Waals surface area (Å²) < 4.78 is 38.2. The monoisotopic (exact) mass is 486 g/mol. The van der Waals surface area contributed by atoms with E-state index in [4.69, 9.17) is 9.47 Å². The number of thiophene rings is 1. The fraction of sp³-hybridized carbons (Fsp3) is 0.292. The molecule has 0 spiro atoms. The first-order chi connectivity index (χ1) is 15.9.